The van der Waals surface area contributed by atoms with E-state index < -0.39 is 0 Å². The lowest BCUT2D eigenvalue weighted by atomic mass is 9.94. The Kier molecular flexibility index (Phi) is 7.91. The van der Waals surface area contributed by atoms with E-state index in [-0.39, 0.29) is 5.60 Å². The maximum absolute atomic E-state index is 6.20. The van der Waals surface area contributed by atoms with Crippen LogP contribution in [0.15, 0.2) is 24.4 Å². The normalized spacial score (nSPS) is 22.4. The predicted molar refractivity (Wildman–Crippen MR) is 126 cm³/mol. The van der Waals surface area contributed by atoms with E-state index in [0.717, 1.165) is 64.6 Å². The van der Waals surface area contributed by atoms with Crippen LogP contribution in [0, 0.1) is 0 Å². The zero-order chi connectivity index (χ0) is 21.5. The molecular weight excluding hydrogens is 388 g/mol. The minimum absolute atomic E-state index is 0.101. The molecule has 2 saturated heterocycles. The van der Waals surface area contributed by atoms with Gasteiger partial charge in [0.15, 0.2) is 0 Å². The number of fused-ring (bicyclic) bond motifs is 1. The van der Waals surface area contributed by atoms with Gasteiger partial charge < -0.3 is 18.8 Å². The van der Waals surface area contributed by atoms with Crippen LogP contribution in [0.2, 0.25) is 0 Å². The molecule has 5 heteroatoms. The molecule has 3 heterocycles. The molecule has 2 fully saturated rings. The molecule has 1 spiro atoms. The van der Waals surface area contributed by atoms with Crippen LogP contribution in [0.4, 0.5) is 0 Å². The van der Waals surface area contributed by atoms with Crippen molar-refractivity contribution < 1.29 is 14.2 Å². The summed E-state index contributed by atoms with van der Waals surface area (Å²) in [4.78, 5) is 2.56. The number of hydrogen-bond acceptors (Lipinski definition) is 4. The van der Waals surface area contributed by atoms with Crippen molar-refractivity contribution in [2.24, 2.45) is 0 Å². The highest BCUT2D eigenvalue weighted by atomic mass is 16.5. The molecule has 0 saturated carbocycles. The average molecular weight is 429 g/mol. The van der Waals surface area contributed by atoms with Gasteiger partial charge in [-0.05, 0) is 37.0 Å². The summed E-state index contributed by atoms with van der Waals surface area (Å²) < 4.78 is 20.0. The largest absolute Gasteiger partial charge is 0.497 e. The Morgan fingerprint density at radius 1 is 1.10 bits per heavy atom. The van der Waals surface area contributed by atoms with Crippen molar-refractivity contribution in [1.29, 1.82) is 0 Å². The summed E-state index contributed by atoms with van der Waals surface area (Å²) in [6, 6.07) is 6.53. The topological polar surface area (TPSA) is 35.9 Å². The first kappa shape index (κ1) is 22.6. The van der Waals surface area contributed by atoms with E-state index in [0.29, 0.717) is 0 Å². The SMILES string of the molecule is CCCCCCCCn1cc(CN2CCOC3(CCCOC3)C2)c2ccc(OC)cc21. The van der Waals surface area contributed by atoms with Crippen LogP contribution in [0.5, 0.6) is 5.75 Å². The van der Waals surface area contributed by atoms with Gasteiger partial charge in [0, 0.05) is 50.4 Å². The van der Waals surface area contributed by atoms with Crippen molar-refractivity contribution in [3.8, 4) is 5.75 Å². The molecule has 4 rings (SSSR count). The van der Waals surface area contributed by atoms with Crippen LogP contribution in [0.1, 0.15) is 63.9 Å². The van der Waals surface area contributed by atoms with E-state index in [1.165, 1.54) is 55.0 Å². The van der Waals surface area contributed by atoms with Crippen LogP contribution in [-0.4, -0.2) is 55.1 Å². The molecular formula is C26H40N2O3. The number of aryl methyl sites for hydroxylation is 1. The predicted octanol–water partition coefficient (Wildman–Crippen LogP) is 5.39. The third-order valence-electron chi connectivity index (χ3n) is 6.93. The summed E-state index contributed by atoms with van der Waals surface area (Å²) in [5, 5.41) is 1.35. The van der Waals surface area contributed by atoms with Gasteiger partial charge in [-0.3, -0.25) is 4.90 Å². The van der Waals surface area contributed by atoms with E-state index in [1.807, 2.05) is 0 Å². The van der Waals surface area contributed by atoms with Crippen molar-refractivity contribution in [3.63, 3.8) is 0 Å². The molecule has 0 N–H and O–H groups in total. The molecule has 0 bridgehead atoms. The highest BCUT2D eigenvalue weighted by Gasteiger charge is 2.38. The van der Waals surface area contributed by atoms with E-state index in [9.17, 15) is 0 Å². The van der Waals surface area contributed by atoms with Gasteiger partial charge in [-0.25, -0.2) is 0 Å². The Hall–Kier alpha value is -1.56. The quantitative estimate of drug-likeness (QED) is 0.475. The van der Waals surface area contributed by atoms with Gasteiger partial charge in [-0.1, -0.05) is 39.0 Å². The monoisotopic (exact) mass is 428 g/mol. The van der Waals surface area contributed by atoms with Gasteiger partial charge in [0.25, 0.3) is 0 Å². The number of morpholine rings is 1. The maximum Gasteiger partial charge on any atom is 0.120 e. The lowest BCUT2D eigenvalue weighted by Gasteiger charge is -2.44. The Balaban J connectivity index is 1.46. The van der Waals surface area contributed by atoms with Crippen molar-refractivity contribution in [3.05, 3.63) is 30.0 Å². The van der Waals surface area contributed by atoms with Crippen LogP contribution < -0.4 is 4.74 Å². The Labute approximate surface area is 187 Å². The molecule has 0 aliphatic carbocycles. The van der Waals surface area contributed by atoms with E-state index in [2.05, 4.69) is 40.8 Å². The van der Waals surface area contributed by atoms with Crippen molar-refractivity contribution in [2.75, 3.05) is 40.0 Å². The van der Waals surface area contributed by atoms with Crippen LogP contribution >= 0.6 is 0 Å². The molecule has 2 aliphatic heterocycles. The number of benzene rings is 1. The Morgan fingerprint density at radius 2 is 1.97 bits per heavy atom. The second-order valence-corrected chi connectivity index (χ2v) is 9.40. The Bertz CT molecular complexity index is 820. The molecule has 172 valence electrons. The van der Waals surface area contributed by atoms with Crippen LogP contribution in [0.25, 0.3) is 10.9 Å². The smallest absolute Gasteiger partial charge is 0.120 e. The zero-order valence-corrected chi connectivity index (χ0v) is 19.5. The molecule has 1 unspecified atom stereocenters. The minimum Gasteiger partial charge on any atom is -0.497 e. The summed E-state index contributed by atoms with van der Waals surface area (Å²) in [5.74, 6) is 0.936. The summed E-state index contributed by atoms with van der Waals surface area (Å²) in [5.41, 5.74) is 2.61. The van der Waals surface area contributed by atoms with Gasteiger partial charge in [-0.2, -0.15) is 0 Å². The lowest BCUT2D eigenvalue weighted by molar-refractivity contribution is -0.169. The number of unbranched alkanes of at least 4 members (excludes halogenated alkanes) is 5. The van der Waals surface area contributed by atoms with Gasteiger partial charge in [0.2, 0.25) is 0 Å². The third kappa shape index (κ3) is 5.63. The van der Waals surface area contributed by atoms with E-state index in [1.54, 1.807) is 7.11 Å². The second kappa shape index (κ2) is 10.8. The highest BCUT2D eigenvalue weighted by Crippen LogP contribution is 2.31. The number of ether oxygens (including phenoxy) is 3. The number of nitrogens with zero attached hydrogens (tertiary/aromatic N) is 2. The average Bonchev–Trinajstić information content (AvgIpc) is 3.13. The van der Waals surface area contributed by atoms with Crippen LogP contribution in [-0.2, 0) is 22.6 Å². The van der Waals surface area contributed by atoms with Gasteiger partial charge >= 0.3 is 0 Å². The van der Waals surface area contributed by atoms with E-state index in [4.69, 9.17) is 14.2 Å². The second-order valence-electron chi connectivity index (χ2n) is 9.40. The van der Waals surface area contributed by atoms with E-state index >= 15 is 0 Å². The molecule has 1 aromatic carbocycles. The molecule has 1 aromatic heterocycles. The summed E-state index contributed by atoms with van der Waals surface area (Å²) in [6.45, 7) is 8.69. The first-order valence-electron chi connectivity index (χ1n) is 12.3. The zero-order valence-electron chi connectivity index (χ0n) is 19.5. The fourth-order valence-electron chi connectivity index (χ4n) is 5.21. The van der Waals surface area contributed by atoms with Crippen molar-refractivity contribution in [2.45, 2.75) is 77.0 Å². The van der Waals surface area contributed by atoms with Crippen LogP contribution in [0.3, 0.4) is 0 Å². The van der Waals surface area contributed by atoms with Gasteiger partial charge in [0.05, 0.1) is 25.8 Å². The van der Waals surface area contributed by atoms with Gasteiger partial charge in [-0.15, -0.1) is 0 Å². The number of hydrogen-bond donors (Lipinski definition) is 0. The Morgan fingerprint density at radius 3 is 2.77 bits per heavy atom. The summed E-state index contributed by atoms with van der Waals surface area (Å²) >= 11 is 0. The summed E-state index contributed by atoms with van der Waals surface area (Å²) in [6.07, 6.45) is 12.5. The first-order chi connectivity index (χ1) is 15.2. The fraction of sp³-hybridized carbons (Fsp3) is 0.692. The molecule has 0 radical (unpaired) electrons. The maximum atomic E-state index is 6.20. The summed E-state index contributed by atoms with van der Waals surface area (Å²) in [7, 11) is 1.75. The first-order valence-corrected chi connectivity index (χ1v) is 12.3. The van der Waals surface area contributed by atoms with Crippen molar-refractivity contribution in [1.82, 2.24) is 9.47 Å². The standard InChI is InChI=1S/C26H40N2O3/c1-3-4-5-6-7-8-13-28-19-22(24-11-10-23(29-2)17-25(24)28)18-27-14-16-31-26(20-27)12-9-15-30-21-26/h10-11,17,19H,3-9,12-16,18,20-21H2,1-2H3. The minimum atomic E-state index is -0.101. The molecule has 0 amide bonds. The molecule has 1 atom stereocenters. The molecule has 31 heavy (non-hydrogen) atoms. The number of methoxy groups -OCH3 is 1. The number of aromatic nitrogens is 1. The van der Waals surface area contributed by atoms with Crippen molar-refractivity contribution >= 4 is 10.9 Å². The third-order valence-corrected chi connectivity index (χ3v) is 6.93. The molecule has 2 aliphatic rings. The highest BCUT2D eigenvalue weighted by molar-refractivity contribution is 5.85. The van der Waals surface area contributed by atoms with Gasteiger partial charge in [0.1, 0.15) is 11.4 Å². The fourth-order valence-corrected chi connectivity index (χ4v) is 5.21. The lowest BCUT2D eigenvalue weighted by Crippen LogP contribution is -2.55. The number of rotatable bonds is 10. The molecule has 2 aromatic rings. The molecule has 5 nitrogen and oxygen atoms in total.